The zero-order chi connectivity index (χ0) is 12.7. The van der Waals surface area contributed by atoms with Gasteiger partial charge in [-0.25, -0.2) is 4.98 Å². The molecular formula is C11H17N3O3. The van der Waals surface area contributed by atoms with Gasteiger partial charge in [0.25, 0.3) is 5.69 Å². The summed E-state index contributed by atoms with van der Waals surface area (Å²) in [5.74, 6) is 0.295. The van der Waals surface area contributed by atoms with E-state index in [1.54, 1.807) is 0 Å². The van der Waals surface area contributed by atoms with Crippen LogP contribution in [0.4, 0.5) is 5.69 Å². The average molecular weight is 239 g/mol. The van der Waals surface area contributed by atoms with Crippen LogP contribution in [0.25, 0.3) is 0 Å². The second kappa shape index (κ2) is 6.80. The predicted octanol–water partition coefficient (Wildman–Crippen LogP) is 1.76. The molecule has 1 rings (SSSR count). The lowest BCUT2D eigenvalue weighted by atomic mass is 10.3. The lowest BCUT2D eigenvalue weighted by Crippen LogP contribution is -2.24. The number of nitro groups is 1. The van der Waals surface area contributed by atoms with Gasteiger partial charge in [0.05, 0.1) is 17.6 Å². The van der Waals surface area contributed by atoms with Crippen molar-refractivity contribution in [3.63, 3.8) is 0 Å². The van der Waals surface area contributed by atoms with E-state index in [0.717, 1.165) is 13.0 Å². The Kier molecular flexibility index (Phi) is 5.35. The van der Waals surface area contributed by atoms with Gasteiger partial charge in [0.2, 0.25) is 5.88 Å². The molecule has 0 aliphatic rings. The number of ether oxygens (including phenoxy) is 1. The molecule has 0 amide bonds. The number of pyridine rings is 1. The molecule has 0 fully saturated rings. The van der Waals surface area contributed by atoms with Crippen LogP contribution < -0.4 is 10.1 Å². The van der Waals surface area contributed by atoms with Crippen molar-refractivity contribution in [3.05, 3.63) is 28.4 Å². The fraction of sp³-hybridized carbons (Fsp3) is 0.545. The van der Waals surface area contributed by atoms with Gasteiger partial charge >= 0.3 is 0 Å². The molecule has 0 aliphatic carbocycles. The van der Waals surface area contributed by atoms with Crippen LogP contribution in [0, 0.1) is 10.1 Å². The maximum Gasteiger partial charge on any atom is 0.276 e. The first-order valence-electron chi connectivity index (χ1n) is 5.56. The van der Waals surface area contributed by atoms with Crippen molar-refractivity contribution >= 4 is 5.69 Å². The van der Waals surface area contributed by atoms with Crippen LogP contribution >= 0.6 is 0 Å². The third-order valence-electron chi connectivity index (χ3n) is 2.05. The summed E-state index contributed by atoms with van der Waals surface area (Å²) in [6.07, 6.45) is 2.21. The molecule has 0 saturated carbocycles. The van der Waals surface area contributed by atoms with Crippen LogP contribution in [0.15, 0.2) is 18.3 Å². The monoisotopic (exact) mass is 239 g/mol. The highest BCUT2D eigenvalue weighted by Gasteiger charge is 2.07. The Balaban J connectivity index is 2.31. The number of nitrogens with zero attached hydrogens (tertiary/aromatic N) is 2. The molecule has 0 saturated heterocycles. The van der Waals surface area contributed by atoms with Crippen LogP contribution in [-0.4, -0.2) is 29.1 Å². The molecule has 0 spiro atoms. The van der Waals surface area contributed by atoms with E-state index in [1.165, 1.54) is 18.3 Å². The average Bonchev–Trinajstić information content (AvgIpc) is 2.28. The third kappa shape index (κ3) is 5.26. The highest BCUT2D eigenvalue weighted by atomic mass is 16.6. The molecule has 1 aromatic heterocycles. The fourth-order valence-corrected chi connectivity index (χ4v) is 1.23. The maximum absolute atomic E-state index is 10.5. The van der Waals surface area contributed by atoms with Crippen LogP contribution in [0.5, 0.6) is 5.88 Å². The van der Waals surface area contributed by atoms with E-state index < -0.39 is 4.92 Å². The summed E-state index contributed by atoms with van der Waals surface area (Å²) < 4.78 is 5.32. The van der Waals surface area contributed by atoms with Crippen molar-refractivity contribution in [1.29, 1.82) is 0 Å². The fourth-order valence-electron chi connectivity index (χ4n) is 1.23. The van der Waals surface area contributed by atoms with Gasteiger partial charge in [-0.2, -0.15) is 0 Å². The van der Waals surface area contributed by atoms with Crippen LogP contribution in [-0.2, 0) is 0 Å². The van der Waals surface area contributed by atoms with Gasteiger partial charge in [-0.1, -0.05) is 13.8 Å². The van der Waals surface area contributed by atoms with Gasteiger partial charge in [-0.05, 0) is 13.0 Å². The number of nitrogens with one attached hydrogen (secondary N) is 1. The largest absolute Gasteiger partial charge is 0.477 e. The Hall–Kier alpha value is -1.69. The van der Waals surface area contributed by atoms with Crippen molar-refractivity contribution in [2.75, 3.05) is 13.2 Å². The second-order valence-electron chi connectivity index (χ2n) is 3.92. The first kappa shape index (κ1) is 13.4. The molecule has 0 bridgehead atoms. The highest BCUT2D eigenvalue weighted by Crippen LogP contribution is 2.15. The summed E-state index contributed by atoms with van der Waals surface area (Å²) in [5.41, 5.74) is -0.00435. The first-order valence-corrected chi connectivity index (χ1v) is 5.56. The number of hydrogen-bond acceptors (Lipinski definition) is 5. The Morgan fingerprint density at radius 2 is 2.35 bits per heavy atom. The van der Waals surface area contributed by atoms with Gasteiger partial charge in [0.1, 0.15) is 0 Å². The van der Waals surface area contributed by atoms with Gasteiger partial charge < -0.3 is 10.1 Å². The second-order valence-corrected chi connectivity index (χ2v) is 3.92. The Bertz CT molecular complexity index is 369. The summed E-state index contributed by atoms with van der Waals surface area (Å²) in [7, 11) is 0. The molecule has 6 heteroatoms. The summed E-state index contributed by atoms with van der Waals surface area (Å²) in [5, 5.41) is 13.8. The Labute approximate surface area is 100 Å². The van der Waals surface area contributed by atoms with E-state index >= 15 is 0 Å². The Morgan fingerprint density at radius 1 is 1.59 bits per heavy atom. The minimum Gasteiger partial charge on any atom is -0.477 e. The lowest BCUT2D eigenvalue weighted by Gasteiger charge is -2.08. The molecule has 0 atom stereocenters. The summed E-state index contributed by atoms with van der Waals surface area (Å²) in [6, 6.07) is 3.12. The van der Waals surface area contributed by atoms with Gasteiger partial charge in [-0.15, -0.1) is 0 Å². The SMILES string of the molecule is CC(C)NCCCOc1cc([N+](=O)[O-])ccn1. The van der Waals surface area contributed by atoms with Crippen molar-refractivity contribution < 1.29 is 9.66 Å². The normalized spacial score (nSPS) is 10.5. The molecule has 0 aromatic carbocycles. The van der Waals surface area contributed by atoms with Crippen molar-refractivity contribution in [3.8, 4) is 5.88 Å². The van der Waals surface area contributed by atoms with E-state index in [1.807, 2.05) is 0 Å². The van der Waals surface area contributed by atoms with E-state index in [0.29, 0.717) is 18.5 Å². The van der Waals surface area contributed by atoms with Crippen LogP contribution in [0.2, 0.25) is 0 Å². The zero-order valence-corrected chi connectivity index (χ0v) is 10.0. The molecule has 6 nitrogen and oxygen atoms in total. The van der Waals surface area contributed by atoms with E-state index in [2.05, 4.69) is 24.1 Å². The van der Waals surface area contributed by atoms with Crippen molar-refractivity contribution in [1.82, 2.24) is 10.3 Å². The molecular weight excluding hydrogens is 222 g/mol. The van der Waals surface area contributed by atoms with Crippen molar-refractivity contribution in [2.45, 2.75) is 26.3 Å². The van der Waals surface area contributed by atoms with Crippen LogP contribution in [0.3, 0.4) is 0 Å². The first-order chi connectivity index (χ1) is 8.09. The molecule has 0 unspecified atom stereocenters. The van der Waals surface area contributed by atoms with Crippen molar-refractivity contribution in [2.24, 2.45) is 0 Å². The predicted molar refractivity (Wildman–Crippen MR) is 64.1 cm³/mol. The van der Waals surface area contributed by atoms with E-state index in [4.69, 9.17) is 4.74 Å². The van der Waals surface area contributed by atoms with Gasteiger partial charge in [-0.3, -0.25) is 10.1 Å². The van der Waals surface area contributed by atoms with Gasteiger partial charge in [0, 0.05) is 18.3 Å². The zero-order valence-electron chi connectivity index (χ0n) is 10.0. The minimum atomic E-state index is -0.463. The molecule has 1 heterocycles. The molecule has 1 aromatic rings. The highest BCUT2D eigenvalue weighted by molar-refractivity contribution is 5.32. The molecule has 0 aliphatic heterocycles. The number of aromatic nitrogens is 1. The summed E-state index contributed by atoms with van der Waals surface area (Å²) in [4.78, 5) is 14.0. The summed E-state index contributed by atoms with van der Waals surface area (Å²) >= 11 is 0. The van der Waals surface area contributed by atoms with E-state index in [9.17, 15) is 10.1 Å². The lowest BCUT2D eigenvalue weighted by molar-refractivity contribution is -0.385. The molecule has 17 heavy (non-hydrogen) atoms. The summed E-state index contributed by atoms with van der Waals surface area (Å²) in [6.45, 7) is 5.49. The number of rotatable bonds is 7. The molecule has 0 radical (unpaired) electrons. The minimum absolute atomic E-state index is 0.00435. The molecule has 94 valence electrons. The Morgan fingerprint density at radius 3 is 3.00 bits per heavy atom. The van der Waals surface area contributed by atoms with E-state index in [-0.39, 0.29) is 5.69 Å². The third-order valence-corrected chi connectivity index (χ3v) is 2.05. The molecule has 1 N–H and O–H groups in total. The quantitative estimate of drug-likeness (QED) is 0.445. The maximum atomic E-state index is 10.5. The van der Waals surface area contributed by atoms with Gasteiger partial charge in [0.15, 0.2) is 0 Å². The smallest absolute Gasteiger partial charge is 0.276 e. The topological polar surface area (TPSA) is 77.3 Å². The number of hydrogen-bond donors (Lipinski definition) is 1. The standard InChI is InChI=1S/C11H17N3O3/c1-9(2)12-5-3-7-17-11-8-10(14(15)16)4-6-13-11/h4,6,8-9,12H,3,5,7H2,1-2H3. The van der Waals surface area contributed by atoms with Crippen LogP contribution in [0.1, 0.15) is 20.3 Å².